The van der Waals surface area contributed by atoms with Crippen LogP contribution in [0.3, 0.4) is 0 Å². The van der Waals surface area contributed by atoms with Gasteiger partial charge < -0.3 is 0 Å². The number of benzene rings is 1. The summed E-state index contributed by atoms with van der Waals surface area (Å²) in [6.07, 6.45) is 1.22. The molecule has 1 nitrogen and oxygen atoms in total. The van der Waals surface area contributed by atoms with Crippen molar-refractivity contribution in [3.05, 3.63) is 41.1 Å². The fourth-order valence-corrected chi connectivity index (χ4v) is 1.70. The van der Waals surface area contributed by atoms with Gasteiger partial charge >= 0.3 is 0 Å². The number of halogens is 1. The van der Waals surface area contributed by atoms with Crippen LogP contribution in [0.4, 0.5) is 4.39 Å². The molecule has 0 heterocycles. The van der Waals surface area contributed by atoms with Crippen LogP contribution >= 0.6 is 0 Å². The van der Waals surface area contributed by atoms with E-state index in [4.69, 9.17) is 0 Å². The van der Waals surface area contributed by atoms with Crippen LogP contribution in [0.1, 0.15) is 12.5 Å². The average molecular weight is 198 g/mol. The molecule has 1 rings (SSSR count). The summed E-state index contributed by atoms with van der Waals surface area (Å²) >= 11 is 0. The summed E-state index contributed by atoms with van der Waals surface area (Å²) in [6, 6.07) is 6.98. The van der Waals surface area contributed by atoms with Gasteiger partial charge in [0.2, 0.25) is 0 Å². The summed E-state index contributed by atoms with van der Waals surface area (Å²) in [5.41, 5.74) is 1.07. The number of allylic oxidation sites excluding steroid dienone is 1. The van der Waals surface area contributed by atoms with Crippen LogP contribution in [0, 0.1) is 6.92 Å². The Balaban J connectivity index is 2.97. The fraction of sp³-hybridized carbons (Fsp3) is 0.200. The molecule has 1 aromatic rings. The molecular weight excluding hydrogens is 187 g/mol. The van der Waals surface area contributed by atoms with Crippen molar-refractivity contribution < 1.29 is 8.60 Å². The molecule has 0 saturated heterocycles. The number of aryl methyl sites for hydroxylation is 1. The predicted octanol–water partition coefficient (Wildman–Crippen LogP) is 2.93. The summed E-state index contributed by atoms with van der Waals surface area (Å²) in [5.74, 6) is 0. The second-order valence-corrected chi connectivity index (χ2v) is 4.07. The lowest BCUT2D eigenvalue weighted by molar-refractivity contribution is 0.649. The van der Waals surface area contributed by atoms with E-state index in [1.165, 1.54) is 13.0 Å². The van der Waals surface area contributed by atoms with Gasteiger partial charge in [0.1, 0.15) is 10.8 Å². The summed E-state index contributed by atoms with van der Waals surface area (Å²) in [7, 11) is -1.64. The summed E-state index contributed by atoms with van der Waals surface area (Å²) in [6.45, 7) is 3.46. The van der Waals surface area contributed by atoms with E-state index in [1.807, 2.05) is 19.1 Å². The maximum Gasteiger partial charge on any atom is 0.187 e. The van der Waals surface area contributed by atoms with Crippen molar-refractivity contribution in [2.45, 2.75) is 18.7 Å². The van der Waals surface area contributed by atoms with E-state index in [0.29, 0.717) is 4.90 Å². The molecule has 0 saturated carbocycles. The Morgan fingerprint density at radius 3 is 2.38 bits per heavy atom. The van der Waals surface area contributed by atoms with Crippen LogP contribution in [0.2, 0.25) is 0 Å². The zero-order valence-corrected chi connectivity index (χ0v) is 8.40. The molecule has 0 bridgehead atoms. The van der Waals surface area contributed by atoms with Gasteiger partial charge in [-0.25, -0.2) is 4.21 Å². The Morgan fingerprint density at radius 2 is 1.92 bits per heavy atom. The molecule has 0 aliphatic rings. The molecule has 0 radical (unpaired) electrons. The molecule has 0 spiro atoms. The first kappa shape index (κ1) is 10.1. The SMILES string of the molecule is C/C=C(/F)[S@@](=O)c1ccc(C)cc1. The first-order chi connectivity index (χ1) is 6.15. The zero-order chi connectivity index (χ0) is 9.84. The van der Waals surface area contributed by atoms with Crippen LogP contribution in [0.5, 0.6) is 0 Å². The van der Waals surface area contributed by atoms with Crippen LogP contribution in [-0.4, -0.2) is 4.21 Å². The van der Waals surface area contributed by atoms with E-state index in [2.05, 4.69) is 0 Å². The average Bonchev–Trinajstić information content (AvgIpc) is 2.17. The molecule has 0 N–H and O–H groups in total. The van der Waals surface area contributed by atoms with E-state index in [1.54, 1.807) is 12.1 Å². The van der Waals surface area contributed by atoms with Crippen molar-refractivity contribution in [1.82, 2.24) is 0 Å². The van der Waals surface area contributed by atoms with Crippen molar-refractivity contribution in [2.75, 3.05) is 0 Å². The molecule has 1 aromatic carbocycles. The lowest BCUT2D eigenvalue weighted by Gasteiger charge is -1.98. The topological polar surface area (TPSA) is 17.1 Å². The summed E-state index contributed by atoms with van der Waals surface area (Å²) in [5, 5.41) is -0.594. The van der Waals surface area contributed by atoms with Crippen LogP contribution in [0.25, 0.3) is 0 Å². The number of hydrogen-bond acceptors (Lipinski definition) is 1. The smallest absolute Gasteiger partial charge is 0.187 e. The minimum Gasteiger partial charge on any atom is -0.247 e. The largest absolute Gasteiger partial charge is 0.247 e. The highest BCUT2D eigenvalue weighted by molar-refractivity contribution is 7.88. The minimum absolute atomic E-state index is 0.501. The van der Waals surface area contributed by atoms with Gasteiger partial charge in [0, 0.05) is 4.90 Å². The lowest BCUT2D eigenvalue weighted by Crippen LogP contribution is -1.91. The molecule has 0 aliphatic heterocycles. The van der Waals surface area contributed by atoms with Crippen molar-refractivity contribution in [3.63, 3.8) is 0 Å². The lowest BCUT2D eigenvalue weighted by atomic mass is 10.2. The van der Waals surface area contributed by atoms with Crippen LogP contribution < -0.4 is 0 Å². The van der Waals surface area contributed by atoms with Gasteiger partial charge in [-0.2, -0.15) is 4.39 Å². The van der Waals surface area contributed by atoms with Crippen molar-refractivity contribution in [3.8, 4) is 0 Å². The van der Waals surface area contributed by atoms with Crippen LogP contribution in [-0.2, 0) is 10.8 Å². The third kappa shape index (κ3) is 2.49. The Bertz CT molecular complexity index is 340. The van der Waals surface area contributed by atoms with Crippen LogP contribution in [0.15, 0.2) is 40.4 Å². The van der Waals surface area contributed by atoms with E-state index < -0.39 is 16.0 Å². The Hall–Kier alpha value is -0.960. The van der Waals surface area contributed by atoms with Gasteiger partial charge in [-0.15, -0.1) is 0 Å². The second kappa shape index (κ2) is 4.33. The van der Waals surface area contributed by atoms with Gasteiger partial charge in [-0.05, 0) is 32.1 Å². The first-order valence-electron chi connectivity index (χ1n) is 3.95. The van der Waals surface area contributed by atoms with E-state index in [9.17, 15) is 8.60 Å². The quantitative estimate of drug-likeness (QED) is 0.714. The van der Waals surface area contributed by atoms with E-state index in [0.717, 1.165) is 5.56 Å². The Morgan fingerprint density at radius 1 is 1.38 bits per heavy atom. The molecule has 70 valence electrons. The predicted molar refractivity (Wildman–Crippen MR) is 52.5 cm³/mol. The standard InChI is InChI=1S/C10H11FOS/c1-3-10(11)13(12)9-6-4-8(2)5-7-9/h3-7H,1-2H3/b10-3-/t13-/m0/s1. The number of hydrogen-bond donors (Lipinski definition) is 0. The normalized spacial score (nSPS) is 14.2. The van der Waals surface area contributed by atoms with Gasteiger partial charge in [-0.3, -0.25) is 0 Å². The first-order valence-corrected chi connectivity index (χ1v) is 5.10. The molecule has 0 aromatic heterocycles. The summed E-state index contributed by atoms with van der Waals surface area (Å²) in [4.78, 5) is 0.501. The third-order valence-corrected chi connectivity index (χ3v) is 2.93. The van der Waals surface area contributed by atoms with Crippen molar-refractivity contribution in [1.29, 1.82) is 0 Å². The minimum atomic E-state index is -1.64. The number of rotatable bonds is 2. The van der Waals surface area contributed by atoms with E-state index >= 15 is 0 Å². The third-order valence-electron chi connectivity index (χ3n) is 1.64. The maximum atomic E-state index is 12.9. The second-order valence-electron chi connectivity index (χ2n) is 2.67. The van der Waals surface area contributed by atoms with Gasteiger partial charge in [0.15, 0.2) is 5.16 Å². The maximum absolute atomic E-state index is 12.9. The molecular formula is C10H11FOS. The van der Waals surface area contributed by atoms with E-state index in [-0.39, 0.29) is 0 Å². The molecule has 0 amide bonds. The molecule has 3 heteroatoms. The zero-order valence-electron chi connectivity index (χ0n) is 7.58. The molecule has 0 fully saturated rings. The van der Waals surface area contributed by atoms with Crippen molar-refractivity contribution in [2.24, 2.45) is 0 Å². The molecule has 0 aliphatic carbocycles. The molecule has 1 atom stereocenters. The molecule has 0 unspecified atom stereocenters. The summed E-state index contributed by atoms with van der Waals surface area (Å²) < 4.78 is 24.2. The molecule has 13 heavy (non-hydrogen) atoms. The Labute approximate surface area is 79.7 Å². The highest BCUT2D eigenvalue weighted by Gasteiger charge is 2.07. The van der Waals surface area contributed by atoms with Gasteiger partial charge in [0.05, 0.1) is 0 Å². The Kier molecular flexibility index (Phi) is 3.37. The van der Waals surface area contributed by atoms with Gasteiger partial charge in [-0.1, -0.05) is 17.7 Å². The fourth-order valence-electron chi connectivity index (χ4n) is 0.881. The monoisotopic (exact) mass is 198 g/mol. The van der Waals surface area contributed by atoms with Gasteiger partial charge in [0.25, 0.3) is 0 Å². The highest BCUT2D eigenvalue weighted by Crippen LogP contribution is 2.15. The highest BCUT2D eigenvalue weighted by atomic mass is 32.2. The van der Waals surface area contributed by atoms with Crippen molar-refractivity contribution >= 4 is 10.8 Å².